The van der Waals surface area contributed by atoms with Gasteiger partial charge in [-0.05, 0) is 47.4 Å². The van der Waals surface area contributed by atoms with Gasteiger partial charge in [0.05, 0.1) is 11.3 Å². The van der Waals surface area contributed by atoms with E-state index in [1.165, 1.54) is 10.4 Å². The summed E-state index contributed by atoms with van der Waals surface area (Å²) in [5.41, 5.74) is 1.79. The number of carboxylic acids is 1. The van der Waals surface area contributed by atoms with Crippen LogP contribution in [0.4, 0.5) is 5.69 Å². The van der Waals surface area contributed by atoms with Crippen LogP contribution in [-0.4, -0.2) is 36.9 Å². The van der Waals surface area contributed by atoms with Gasteiger partial charge in [-0.25, -0.2) is 4.79 Å². The Morgan fingerprint density at radius 3 is 2.21 bits per heavy atom. The first-order valence-electron chi connectivity index (χ1n) is 9.78. The predicted molar refractivity (Wildman–Crippen MR) is 115 cm³/mol. The van der Waals surface area contributed by atoms with Crippen molar-refractivity contribution in [2.24, 2.45) is 11.3 Å². The van der Waals surface area contributed by atoms with E-state index in [0.29, 0.717) is 19.0 Å². The van der Waals surface area contributed by atoms with E-state index in [9.17, 15) is 18.3 Å². The molecule has 0 aliphatic carbocycles. The summed E-state index contributed by atoms with van der Waals surface area (Å²) in [5.74, 6) is -0.710. The van der Waals surface area contributed by atoms with Gasteiger partial charge in [0.2, 0.25) is 0 Å². The molecular weight excluding hydrogens is 388 g/mol. The van der Waals surface area contributed by atoms with Gasteiger partial charge < -0.3 is 5.11 Å². The molecule has 0 spiro atoms. The molecule has 1 fully saturated rings. The zero-order chi connectivity index (χ0) is 21.2. The van der Waals surface area contributed by atoms with E-state index in [1.54, 1.807) is 12.1 Å². The molecule has 2 aromatic rings. The van der Waals surface area contributed by atoms with Crippen molar-refractivity contribution in [3.05, 3.63) is 54.1 Å². The summed E-state index contributed by atoms with van der Waals surface area (Å²) in [5, 5.41) is 9.51. The Labute approximate surface area is 172 Å². The second-order valence-corrected chi connectivity index (χ2v) is 10.2. The van der Waals surface area contributed by atoms with Gasteiger partial charge in [0.1, 0.15) is 0 Å². The van der Waals surface area contributed by atoms with E-state index in [4.69, 9.17) is 0 Å². The Bertz CT molecular complexity index is 974. The first-order valence-corrected chi connectivity index (χ1v) is 11.2. The van der Waals surface area contributed by atoms with Gasteiger partial charge >= 0.3 is 16.2 Å². The number of hydrogen-bond donors (Lipinski definition) is 2. The Morgan fingerprint density at radius 1 is 1.03 bits per heavy atom. The number of nitrogens with zero attached hydrogens (tertiary/aromatic N) is 1. The standard InChI is InChI=1S/C22H28N2O4S/c1-22(2,3)18-11-13-24(14-12-18)29(27,28)23-20-15-17(9-10-19(20)21(25)26)16-7-5-4-6-8-16/h4-10,15,18,23H,11-14H2,1-3H3,(H,25,26). The lowest BCUT2D eigenvalue weighted by Gasteiger charge is -2.38. The third kappa shape index (κ3) is 4.97. The molecule has 0 amide bonds. The molecule has 3 rings (SSSR count). The van der Waals surface area contributed by atoms with Crippen LogP contribution in [0.5, 0.6) is 0 Å². The Balaban J connectivity index is 1.85. The van der Waals surface area contributed by atoms with Crippen LogP contribution in [0.1, 0.15) is 44.0 Å². The number of nitrogens with one attached hydrogen (secondary N) is 1. The number of benzene rings is 2. The van der Waals surface area contributed by atoms with Gasteiger partial charge in [0, 0.05) is 13.1 Å². The van der Waals surface area contributed by atoms with Gasteiger partial charge in [0.15, 0.2) is 0 Å². The van der Waals surface area contributed by atoms with E-state index in [1.807, 2.05) is 30.3 Å². The third-order valence-electron chi connectivity index (χ3n) is 5.61. The van der Waals surface area contributed by atoms with Crippen molar-refractivity contribution in [3.63, 3.8) is 0 Å². The number of carbonyl (C=O) groups is 1. The van der Waals surface area contributed by atoms with Gasteiger partial charge in [-0.3, -0.25) is 4.72 Å². The normalized spacial score (nSPS) is 16.5. The van der Waals surface area contributed by atoms with E-state index in [-0.39, 0.29) is 16.7 Å². The molecule has 0 aromatic heterocycles. The van der Waals surface area contributed by atoms with E-state index in [2.05, 4.69) is 25.5 Å². The van der Waals surface area contributed by atoms with Crippen LogP contribution in [0.25, 0.3) is 11.1 Å². The smallest absolute Gasteiger partial charge is 0.337 e. The highest BCUT2D eigenvalue weighted by molar-refractivity contribution is 7.90. The van der Waals surface area contributed by atoms with Crippen LogP contribution in [0.15, 0.2) is 48.5 Å². The van der Waals surface area contributed by atoms with Crippen LogP contribution >= 0.6 is 0 Å². The van der Waals surface area contributed by atoms with Crippen molar-refractivity contribution in [2.45, 2.75) is 33.6 Å². The van der Waals surface area contributed by atoms with Crippen molar-refractivity contribution in [1.29, 1.82) is 0 Å². The fraction of sp³-hybridized carbons (Fsp3) is 0.409. The van der Waals surface area contributed by atoms with Crippen molar-refractivity contribution in [3.8, 4) is 11.1 Å². The quantitative estimate of drug-likeness (QED) is 0.753. The molecule has 0 radical (unpaired) electrons. The SMILES string of the molecule is CC(C)(C)C1CCN(S(=O)(=O)Nc2cc(-c3ccccc3)ccc2C(=O)O)CC1. The van der Waals surface area contributed by atoms with Gasteiger partial charge in [-0.15, -0.1) is 0 Å². The maximum absolute atomic E-state index is 13.0. The van der Waals surface area contributed by atoms with E-state index in [0.717, 1.165) is 24.0 Å². The number of anilines is 1. The second kappa shape index (κ2) is 8.16. The molecule has 156 valence electrons. The zero-order valence-electron chi connectivity index (χ0n) is 17.1. The Hall–Kier alpha value is -2.38. The maximum Gasteiger partial charge on any atom is 0.337 e. The summed E-state index contributed by atoms with van der Waals surface area (Å²) in [6.07, 6.45) is 1.58. The lowest BCUT2D eigenvalue weighted by molar-refractivity contribution is 0.0698. The minimum atomic E-state index is -3.84. The van der Waals surface area contributed by atoms with Crippen LogP contribution < -0.4 is 4.72 Å². The number of hydrogen-bond acceptors (Lipinski definition) is 3. The highest BCUT2D eigenvalue weighted by Crippen LogP contribution is 2.35. The minimum Gasteiger partial charge on any atom is -0.478 e. The molecule has 1 heterocycles. The first-order chi connectivity index (χ1) is 13.6. The number of piperidine rings is 1. The molecule has 29 heavy (non-hydrogen) atoms. The fourth-order valence-corrected chi connectivity index (χ4v) is 5.06. The molecule has 0 bridgehead atoms. The molecular formula is C22H28N2O4S. The summed E-state index contributed by atoms with van der Waals surface area (Å²) in [6, 6.07) is 14.1. The second-order valence-electron chi connectivity index (χ2n) is 8.58. The highest BCUT2D eigenvalue weighted by Gasteiger charge is 2.33. The molecule has 2 aromatic carbocycles. The predicted octanol–water partition coefficient (Wildman–Crippen LogP) is 4.47. The molecule has 7 heteroatoms. The maximum atomic E-state index is 13.0. The average Bonchev–Trinajstić information content (AvgIpc) is 2.67. The summed E-state index contributed by atoms with van der Waals surface area (Å²) in [4.78, 5) is 11.6. The molecule has 6 nitrogen and oxygen atoms in total. The Kier molecular flexibility index (Phi) is 6.00. The van der Waals surface area contributed by atoms with E-state index < -0.39 is 16.2 Å². The van der Waals surface area contributed by atoms with Crippen LogP contribution in [0.2, 0.25) is 0 Å². The summed E-state index contributed by atoms with van der Waals surface area (Å²) in [7, 11) is -3.84. The monoisotopic (exact) mass is 416 g/mol. The largest absolute Gasteiger partial charge is 0.478 e. The van der Waals surface area contributed by atoms with Gasteiger partial charge in [-0.1, -0.05) is 57.2 Å². The van der Waals surface area contributed by atoms with Crippen molar-refractivity contribution < 1.29 is 18.3 Å². The number of rotatable bonds is 5. The fourth-order valence-electron chi connectivity index (χ4n) is 3.79. The molecule has 1 aliphatic heterocycles. The molecule has 2 N–H and O–H groups in total. The molecule has 1 aliphatic rings. The van der Waals surface area contributed by atoms with Crippen LogP contribution in [0.3, 0.4) is 0 Å². The molecule has 0 unspecified atom stereocenters. The average molecular weight is 417 g/mol. The lowest BCUT2D eigenvalue weighted by atomic mass is 9.76. The van der Waals surface area contributed by atoms with Gasteiger partial charge in [-0.2, -0.15) is 12.7 Å². The van der Waals surface area contributed by atoms with E-state index >= 15 is 0 Å². The lowest BCUT2D eigenvalue weighted by Crippen LogP contribution is -2.43. The van der Waals surface area contributed by atoms with Crippen molar-refractivity contribution in [1.82, 2.24) is 4.31 Å². The minimum absolute atomic E-state index is 0.0715. The van der Waals surface area contributed by atoms with Crippen LogP contribution in [0, 0.1) is 11.3 Å². The summed E-state index contributed by atoms with van der Waals surface area (Å²) in [6.45, 7) is 7.38. The van der Waals surface area contributed by atoms with Crippen LogP contribution in [-0.2, 0) is 10.2 Å². The number of carboxylic acid groups (broad SMARTS) is 1. The molecule has 0 atom stereocenters. The summed E-state index contributed by atoms with van der Waals surface area (Å²) >= 11 is 0. The highest BCUT2D eigenvalue weighted by atomic mass is 32.2. The topological polar surface area (TPSA) is 86.7 Å². The summed E-state index contributed by atoms with van der Waals surface area (Å²) < 4.78 is 29.8. The molecule has 1 saturated heterocycles. The number of aromatic carboxylic acids is 1. The third-order valence-corrected chi connectivity index (χ3v) is 7.14. The van der Waals surface area contributed by atoms with Crippen molar-refractivity contribution >= 4 is 21.9 Å². The first kappa shape index (κ1) is 21.3. The Morgan fingerprint density at radius 2 is 1.66 bits per heavy atom. The van der Waals surface area contributed by atoms with Gasteiger partial charge in [0.25, 0.3) is 0 Å². The molecule has 0 saturated carbocycles. The zero-order valence-corrected chi connectivity index (χ0v) is 17.9. The van der Waals surface area contributed by atoms with Crippen molar-refractivity contribution in [2.75, 3.05) is 17.8 Å².